The first kappa shape index (κ1) is 52.4. The molecule has 0 saturated carbocycles. The van der Waals surface area contributed by atoms with E-state index in [1.54, 1.807) is 0 Å². The summed E-state index contributed by atoms with van der Waals surface area (Å²) in [6, 6.07) is 3.47. The minimum atomic E-state index is -6.19. The molecule has 2 aliphatic rings. The number of aromatic carboxylic acids is 1. The van der Waals surface area contributed by atoms with Crippen molar-refractivity contribution in [2.45, 2.75) is 60.1 Å². The summed E-state index contributed by atoms with van der Waals surface area (Å²) in [5.74, 6) is -1.92. The van der Waals surface area contributed by atoms with Gasteiger partial charge >= 0.3 is 78.8 Å². The molecule has 3 rings (SSSR count). The molecule has 0 amide bonds. The maximum atomic E-state index is 12.3. The highest BCUT2D eigenvalue weighted by atomic mass is 32.3. The van der Waals surface area contributed by atoms with Crippen LogP contribution in [-0.4, -0.2) is 170 Å². The molecule has 41 heteroatoms. The van der Waals surface area contributed by atoms with Crippen LogP contribution in [0.5, 0.6) is 0 Å². The van der Waals surface area contributed by atoms with Gasteiger partial charge in [-0.25, -0.2) is 34.1 Å². The predicted molar refractivity (Wildman–Crippen MR) is 180 cm³/mol. The van der Waals surface area contributed by atoms with Crippen molar-refractivity contribution >= 4 is 91.4 Å². The number of hydrogen-bond donors (Lipinski definition) is 9. The molecule has 0 aliphatic carbocycles. The zero-order chi connectivity index (χ0) is 46.2. The van der Waals surface area contributed by atoms with Gasteiger partial charge in [-0.1, -0.05) is 18.2 Å². The number of carboxylic acid groups (broad SMARTS) is 1. The van der Waals surface area contributed by atoms with Crippen LogP contribution in [0.2, 0.25) is 0 Å². The standard InChI is InChI=1S/C19H26O33S8/c20-17(21)7-3-1-2-4-8(7)19(53)16(52-60(40,41)42)14(50-58(34,35)36)11(10(47-19)6-44-55(25,26)27)46-18-15(51-59(37,38)39)13(49-57(31,32)33)12(48-56(28,29)30)9(45-18)5-43-54(22,23)24/h1-4,9-16,18,53H,5-6H2,(H,20,21)(H,22,23,24)(H,25,26,27)(H,28,29,30)(H,31,32,33)(H,34,35,36)(H,37,38,39)(H,40,41,42)/t9-,10-,11-,12-,13+,14+,15-,16-,18-,19+/m1/s1. The van der Waals surface area contributed by atoms with Crippen molar-refractivity contribution in [3.63, 3.8) is 0 Å². The number of ether oxygens (including phenoxy) is 3. The van der Waals surface area contributed by atoms with Gasteiger partial charge < -0.3 is 19.3 Å². The second-order valence-electron chi connectivity index (χ2n) is 11.2. The summed E-state index contributed by atoms with van der Waals surface area (Å²) in [5, 5.41) is 9.84. The van der Waals surface area contributed by atoms with Crippen molar-refractivity contribution in [3.05, 3.63) is 35.4 Å². The second-order valence-corrected chi connectivity index (χ2v) is 19.3. The van der Waals surface area contributed by atoms with Gasteiger partial charge in [0.1, 0.15) is 36.6 Å². The second kappa shape index (κ2) is 18.6. The van der Waals surface area contributed by atoms with Crippen molar-refractivity contribution < 1.29 is 144 Å². The normalized spacial score (nSPS) is 30.2. The van der Waals surface area contributed by atoms with E-state index in [0.717, 1.165) is 24.3 Å². The van der Waals surface area contributed by atoms with E-state index >= 15 is 0 Å². The Morgan fingerprint density at radius 1 is 0.567 bits per heavy atom. The van der Waals surface area contributed by atoms with Crippen LogP contribution in [0.15, 0.2) is 24.3 Å². The summed E-state index contributed by atoms with van der Waals surface area (Å²) in [6.07, 6.45) is -28.2. The fourth-order valence-corrected chi connectivity index (χ4v) is 9.00. The van der Waals surface area contributed by atoms with E-state index in [9.17, 15) is 96.1 Å². The number of thiol groups is 1. The zero-order valence-electron chi connectivity index (χ0n) is 28.0. The maximum Gasteiger partial charge on any atom is 0.397 e. The molecule has 2 saturated heterocycles. The first-order valence-electron chi connectivity index (χ1n) is 14.3. The molecule has 60 heavy (non-hydrogen) atoms. The number of benzene rings is 1. The van der Waals surface area contributed by atoms with Gasteiger partial charge in [-0.3, -0.25) is 31.9 Å². The van der Waals surface area contributed by atoms with Crippen LogP contribution in [0.25, 0.3) is 0 Å². The number of hydrogen-bond acceptors (Lipinski definition) is 26. The van der Waals surface area contributed by atoms with Gasteiger partial charge in [-0.05, 0) is 6.07 Å². The summed E-state index contributed by atoms with van der Waals surface area (Å²) < 4.78 is 278. The number of rotatable bonds is 20. The van der Waals surface area contributed by atoms with E-state index in [1.165, 1.54) is 0 Å². The average Bonchev–Trinajstić information content (AvgIpc) is 3.01. The average molecular weight is 1040 g/mol. The number of carbonyl (C=O) groups is 1. The fourth-order valence-electron chi connectivity index (χ4n) is 5.29. The topological polar surface area (TPSA) is 510 Å². The Morgan fingerprint density at radius 3 is 1.43 bits per heavy atom. The zero-order valence-corrected chi connectivity index (χ0v) is 34.6. The van der Waals surface area contributed by atoms with E-state index in [0.29, 0.717) is 0 Å². The molecule has 10 atom stereocenters. The summed E-state index contributed by atoms with van der Waals surface area (Å²) in [7, 11) is -42.1. The van der Waals surface area contributed by atoms with Crippen molar-refractivity contribution in [3.8, 4) is 0 Å². The van der Waals surface area contributed by atoms with Crippen LogP contribution in [0.4, 0.5) is 0 Å². The Morgan fingerprint density at radius 2 is 0.983 bits per heavy atom. The lowest BCUT2D eigenvalue weighted by Gasteiger charge is -2.51. The maximum absolute atomic E-state index is 12.3. The van der Waals surface area contributed by atoms with Gasteiger partial charge in [-0.2, -0.15) is 58.9 Å². The smallest absolute Gasteiger partial charge is 0.397 e. The summed E-state index contributed by atoms with van der Waals surface area (Å²) >= 11 is 4.06. The largest absolute Gasteiger partial charge is 0.478 e. The molecule has 2 aliphatic heterocycles. The summed E-state index contributed by atoms with van der Waals surface area (Å²) in [5.41, 5.74) is -1.88. The molecular formula is C19H26O33S8. The van der Waals surface area contributed by atoms with Crippen LogP contribution in [-0.2, 0) is 121 Å². The molecule has 2 fully saturated rings. The molecule has 1 aromatic rings. The quantitative estimate of drug-likeness (QED) is 0.0439. The van der Waals surface area contributed by atoms with Gasteiger partial charge in [0.15, 0.2) is 23.4 Å². The summed E-state index contributed by atoms with van der Waals surface area (Å²) in [4.78, 5) is 8.88. The van der Waals surface area contributed by atoms with Crippen molar-refractivity contribution in [1.29, 1.82) is 0 Å². The Hall–Kier alpha value is -1.99. The first-order valence-corrected chi connectivity index (χ1v) is 24.3. The SMILES string of the molecule is O=C(O)c1ccccc1[C@@]1(S)O[C@H](COS(=O)(=O)O)[C@@H](O[C@H]2O[C@H](COS(=O)(=O)O)[C@@H](OS(=O)(=O)O)[C@H](OS(=O)(=O)O)[C@H]2OS(=O)(=O)O)[C@H](OS(=O)(=O)O)[C@H]1OS(=O)(=O)O. The van der Waals surface area contributed by atoms with Crippen LogP contribution >= 0.6 is 12.6 Å². The third-order valence-corrected chi connectivity index (χ3v) is 10.8. The monoisotopic (exact) mass is 1040 g/mol. The molecule has 1 aromatic carbocycles. The molecule has 8 N–H and O–H groups in total. The molecule has 0 unspecified atom stereocenters. The molecule has 33 nitrogen and oxygen atoms in total. The summed E-state index contributed by atoms with van der Waals surface area (Å²) in [6.45, 7) is -3.74. The fraction of sp³-hybridized carbons (Fsp3) is 0.632. The van der Waals surface area contributed by atoms with E-state index in [-0.39, 0.29) is 0 Å². The highest BCUT2D eigenvalue weighted by Crippen LogP contribution is 2.48. The Labute approximate surface area is 342 Å². The van der Waals surface area contributed by atoms with Crippen LogP contribution in [0.1, 0.15) is 15.9 Å². The van der Waals surface area contributed by atoms with E-state index in [4.69, 9.17) is 18.8 Å². The third-order valence-electron chi connectivity index (χ3n) is 7.05. The van der Waals surface area contributed by atoms with Gasteiger partial charge in [-0.15, -0.1) is 12.6 Å². The Kier molecular flexibility index (Phi) is 16.2. The molecule has 0 spiro atoms. The predicted octanol–water partition coefficient (Wildman–Crippen LogP) is -4.44. The minimum Gasteiger partial charge on any atom is -0.478 e. The van der Waals surface area contributed by atoms with Gasteiger partial charge in [0.25, 0.3) is 0 Å². The molecule has 348 valence electrons. The lowest BCUT2D eigenvalue weighted by atomic mass is 9.88. The lowest BCUT2D eigenvalue weighted by Crippen LogP contribution is -2.68. The highest BCUT2D eigenvalue weighted by Gasteiger charge is 2.62. The van der Waals surface area contributed by atoms with Crippen LogP contribution < -0.4 is 0 Å². The third kappa shape index (κ3) is 16.0. The number of carboxylic acids is 1. The molecule has 0 bridgehead atoms. The van der Waals surface area contributed by atoms with E-state index < -0.39 is 163 Å². The van der Waals surface area contributed by atoms with Crippen LogP contribution in [0, 0.1) is 0 Å². The lowest BCUT2D eigenvalue weighted by molar-refractivity contribution is -0.333. The Bertz CT molecular complexity index is 2540. The Balaban J connectivity index is 2.48. The molecular weight excluding hydrogens is 1010 g/mol. The van der Waals surface area contributed by atoms with Gasteiger partial charge in [0.2, 0.25) is 0 Å². The van der Waals surface area contributed by atoms with Crippen molar-refractivity contribution in [2.75, 3.05) is 13.2 Å². The minimum absolute atomic E-state index is 0.732. The highest BCUT2D eigenvalue weighted by molar-refractivity contribution is 7.82. The van der Waals surface area contributed by atoms with Crippen molar-refractivity contribution in [2.24, 2.45) is 0 Å². The molecule has 0 radical (unpaired) electrons. The van der Waals surface area contributed by atoms with E-state index in [2.05, 4.69) is 41.9 Å². The first-order chi connectivity index (χ1) is 26.8. The molecule has 0 aromatic heterocycles. The van der Waals surface area contributed by atoms with Crippen molar-refractivity contribution in [1.82, 2.24) is 0 Å². The van der Waals surface area contributed by atoms with Crippen LogP contribution in [0.3, 0.4) is 0 Å². The molecule has 2 heterocycles. The van der Waals surface area contributed by atoms with Gasteiger partial charge in [0.05, 0.1) is 18.8 Å². The van der Waals surface area contributed by atoms with Gasteiger partial charge in [0, 0.05) is 5.56 Å². The van der Waals surface area contributed by atoms with E-state index in [1.807, 2.05) is 0 Å².